The Hall–Kier alpha value is -2.86. The zero-order valence-corrected chi connectivity index (χ0v) is 14.1. The number of nitrogens with one attached hydrogen (secondary N) is 3. The van der Waals surface area contributed by atoms with E-state index in [0.29, 0.717) is 17.8 Å². The zero-order chi connectivity index (χ0) is 17.8. The minimum Gasteiger partial charge on any atom is -0.362 e. The number of ether oxygens (including phenoxy) is 1. The lowest BCUT2D eigenvalue weighted by Crippen LogP contribution is -2.32. The largest absolute Gasteiger partial charge is 0.362 e. The van der Waals surface area contributed by atoms with Crippen molar-refractivity contribution >= 4 is 17.3 Å². The quantitative estimate of drug-likeness (QED) is 0.797. The fourth-order valence-corrected chi connectivity index (χ4v) is 2.78. The lowest BCUT2D eigenvalue weighted by atomic mass is 9.96. The first-order valence-corrected chi connectivity index (χ1v) is 7.96. The molecule has 0 radical (unpaired) electrons. The summed E-state index contributed by atoms with van der Waals surface area (Å²) in [5, 5.41) is 8.68. The summed E-state index contributed by atoms with van der Waals surface area (Å²) in [6, 6.07) is 12.0. The van der Waals surface area contributed by atoms with E-state index in [0.717, 1.165) is 16.7 Å². The maximum Gasteiger partial charge on any atom is 0.319 e. The molecule has 0 bridgehead atoms. The highest BCUT2D eigenvalue weighted by Crippen LogP contribution is 2.28. The third kappa shape index (κ3) is 3.80. The van der Waals surface area contributed by atoms with E-state index in [1.165, 1.54) is 12.1 Å². The second-order valence-electron chi connectivity index (χ2n) is 5.81. The van der Waals surface area contributed by atoms with Crippen LogP contribution in [0.4, 0.5) is 14.9 Å². The number of hydrogen-bond acceptors (Lipinski definition) is 3. The van der Waals surface area contributed by atoms with Crippen molar-refractivity contribution in [2.24, 2.45) is 0 Å². The second-order valence-corrected chi connectivity index (χ2v) is 5.81. The monoisotopic (exact) mass is 341 g/mol. The normalized spacial score (nSPS) is 15.6. The molecule has 0 aliphatic carbocycles. The molecule has 6 heteroatoms. The summed E-state index contributed by atoms with van der Waals surface area (Å²) in [4.78, 5) is 12.1. The van der Waals surface area contributed by atoms with Gasteiger partial charge in [0.2, 0.25) is 0 Å². The van der Waals surface area contributed by atoms with Gasteiger partial charge in [-0.15, -0.1) is 0 Å². The SMILES string of the molecule is COC1NC=C(CNC(=O)Nc2ccc(F)c(C)c2)c2ccccc21. The van der Waals surface area contributed by atoms with Gasteiger partial charge in [0.15, 0.2) is 6.23 Å². The number of fused-ring (bicyclic) bond motifs is 1. The molecule has 3 N–H and O–H groups in total. The average Bonchev–Trinajstić information content (AvgIpc) is 2.62. The van der Waals surface area contributed by atoms with Gasteiger partial charge in [-0.05, 0) is 41.8 Å². The number of carbonyl (C=O) groups excluding carboxylic acids is 1. The molecule has 5 nitrogen and oxygen atoms in total. The predicted octanol–water partition coefficient (Wildman–Crippen LogP) is 3.54. The molecular formula is C19H20FN3O2. The summed E-state index contributed by atoms with van der Waals surface area (Å²) in [5.74, 6) is -0.298. The molecule has 3 rings (SSSR count). The van der Waals surface area contributed by atoms with Crippen molar-refractivity contribution < 1.29 is 13.9 Å². The van der Waals surface area contributed by atoms with Crippen LogP contribution in [0.1, 0.15) is 22.9 Å². The number of aryl methyl sites for hydroxylation is 1. The fraction of sp³-hybridized carbons (Fsp3) is 0.211. The van der Waals surface area contributed by atoms with Crippen LogP contribution in [-0.4, -0.2) is 19.7 Å². The number of rotatable bonds is 4. The summed E-state index contributed by atoms with van der Waals surface area (Å²) in [5.41, 5.74) is 4.04. The van der Waals surface area contributed by atoms with Crippen LogP contribution in [0.5, 0.6) is 0 Å². The Kier molecular flexibility index (Phi) is 5.00. The van der Waals surface area contributed by atoms with Crippen LogP contribution in [0.2, 0.25) is 0 Å². The zero-order valence-electron chi connectivity index (χ0n) is 14.1. The Morgan fingerprint density at radius 1 is 1.28 bits per heavy atom. The number of amides is 2. The Balaban J connectivity index is 1.64. The maximum atomic E-state index is 13.3. The molecular weight excluding hydrogens is 321 g/mol. The van der Waals surface area contributed by atoms with Gasteiger partial charge in [0.1, 0.15) is 5.82 Å². The van der Waals surface area contributed by atoms with Crippen molar-refractivity contribution in [1.82, 2.24) is 10.6 Å². The first-order chi connectivity index (χ1) is 12.1. The van der Waals surface area contributed by atoms with Crippen molar-refractivity contribution in [3.63, 3.8) is 0 Å². The number of methoxy groups -OCH3 is 1. The first-order valence-electron chi connectivity index (χ1n) is 7.96. The van der Waals surface area contributed by atoms with Crippen LogP contribution in [0.25, 0.3) is 5.57 Å². The Morgan fingerprint density at radius 3 is 2.84 bits per heavy atom. The molecule has 0 fully saturated rings. The van der Waals surface area contributed by atoms with Gasteiger partial charge in [0.05, 0.1) is 0 Å². The van der Waals surface area contributed by atoms with E-state index < -0.39 is 0 Å². The van der Waals surface area contributed by atoms with E-state index in [1.807, 2.05) is 30.5 Å². The molecule has 0 saturated carbocycles. The number of hydrogen-bond donors (Lipinski definition) is 3. The molecule has 0 aromatic heterocycles. The van der Waals surface area contributed by atoms with Gasteiger partial charge in [-0.3, -0.25) is 0 Å². The van der Waals surface area contributed by atoms with E-state index in [1.54, 1.807) is 20.1 Å². The third-order valence-corrected chi connectivity index (χ3v) is 4.09. The molecule has 2 aromatic carbocycles. The maximum absolute atomic E-state index is 13.3. The summed E-state index contributed by atoms with van der Waals surface area (Å²) in [6.07, 6.45) is 1.65. The average molecular weight is 341 g/mol. The molecule has 2 amide bonds. The van der Waals surface area contributed by atoms with Gasteiger partial charge in [-0.25, -0.2) is 9.18 Å². The van der Waals surface area contributed by atoms with E-state index in [-0.39, 0.29) is 18.1 Å². The minimum absolute atomic E-state index is 0.198. The number of anilines is 1. The Labute approximate surface area is 145 Å². The molecule has 130 valence electrons. The molecule has 1 atom stereocenters. The van der Waals surface area contributed by atoms with E-state index >= 15 is 0 Å². The van der Waals surface area contributed by atoms with Crippen LogP contribution in [0.3, 0.4) is 0 Å². The highest BCUT2D eigenvalue weighted by molar-refractivity contribution is 5.90. The summed E-state index contributed by atoms with van der Waals surface area (Å²) >= 11 is 0. The number of carbonyl (C=O) groups is 1. The van der Waals surface area contributed by atoms with Crippen LogP contribution >= 0.6 is 0 Å². The van der Waals surface area contributed by atoms with Gasteiger partial charge < -0.3 is 20.7 Å². The van der Waals surface area contributed by atoms with Crippen molar-refractivity contribution in [2.75, 3.05) is 19.0 Å². The topological polar surface area (TPSA) is 62.4 Å². The molecule has 0 spiro atoms. The molecule has 0 saturated heterocycles. The van der Waals surface area contributed by atoms with Crippen molar-refractivity contribution in [2.45, 2.75) is 13.2 Å². The van der Waals surface area contributed by atoms with Crippen LogP contribution in [0, 0.1) is 12.7 Å². The highest BCUT2D eigenvalue weighted by Gasteiger charge is 2.20. The summed E-state index contributed by atoms with van der Waals surface area (Å²) < 4.78 is 18.7. The Morgan fingerprint density at radius 2 is 2.08 bits per heavy atom. The minimum atomic E-state index is -0.349. The van der Waals surface area contributed by atoms with Gasteiger partial charge in [-0.2, -0.15) is 0 Å². The van der Waals surface area contributed by atoms with E-state index in [4.69, 9.17) is 4.74 Å². The lowest BCUT2D eigenvalue weighted by molar-refractivity contribution is 0.0845. The van der Waals surface area contributed by atoms with Crippen LogP contribution in [0.15, 0.2) is 48.7 Å². The van der Waals surface area contributed by atoms with Gasteiger partial charge in [0, 0.05) is 31.1 Å². The van der Waals surface area contributed by atoms with Crippen molar-refractivity contribution in [1.29, 1.82) is 0 Å². The summed E-state index contributed by atoms with van der Waals surface area (Å²) in [7, 11) is 1.64. The molecule has 2 aromatic rings. The molecule has 1 aliphatic heterocycles. The summed E-state index contributed by atoms with van der Waals surface area (Å²) in [6.45, 7) is 2.01. The van der Waals surface area contributed by atoms with Gasteiger partial charge in [-0.1, -0.05) is 24.3 Å². The standard InChI is InChI=1S/C19H20FN3O2/c1-12-9-14(7-8-17(12)20)23-19(24)22-11-13-10-21-18(25-2)16-6-4-3-5-15(13)16/h3-10,18,21H,11H2,1-2H3,(H2,22,23,24). The van der Waals surface area contributed by atoms with Gasteiger partial charge >= 0.3 is 6.03 Å². The second kappa shape index (κ2) is 7.36. The number of urea groups is 1. The molecule has 25 heavy (non-hydrogen) atoms. The number of halogens is 1. The van der Waals surface area contributed by atoms with Crippen LogP contribution < -0.4 is 16.0 Å². The molecule has 1 aliphatic rings. The lowest BCUT2D eigenvalue weighted by Gasteiger charge is -2.26. The highest BCUT2D eigenvalue weighted by atomic mass is 19.1. The van der Waals surface area contributed by atoms with Crippen LogP contribution in [-0.2, 0) is 4.74 Å². The van der Waals surface area contributed by atoms with Gasteiger partial charge in [0.25, 0.3) is 0 Å². The first kappa shape index (κ1) is 17.0. The van der Waals surface area contributed by atoms with Crippen molar-refractivity contribution in [3.05, 3.63) is 71.2 Å². The Bertz CT molecular complexity index is 820. The molecule has 1 unspecified atom stereocenters. The predicted molar refractivity (Wildman–Crippen MR) is 95.5 cm³/mol. The van der Waals surface area contributed by atoms with E-state index in [2.05, 4.69) is 16.0 Å². The van der Waals surface area contributed by atoms with E-state index in [9.17, 15) is 9.18 Å². The third-order valence-electron chi connectivity index (χ3n) is 4.09. The smallest absolute Gasteiger partial charge is 0.319 e. The number of benzene rings is 2. The van der Waals surface area contributed by atoms with Crippen molar-refractivity contribution in [3.8, 4) is 0 Å². The fourth-order valence-electron chi connectivity index (χ4n) is 2.78. The molecule has 1 heterocycles.